The summed E-state index contributed by atoms with van der Waals surface area (Å²) < 4.78 is 0.877. The van der Waals surface area contributed by atoms with E-state index in [2.05, 4.69) is 24.9 Å². The van der Waals surface area contributed by atoms with Gasteiger partial charge in [-0.2, -0.15) is 0 Å². The maximum Gasteiger partial charge on any atom is 0.0931 e. The summed E-state index contributed by atoms with van der Waals surface area (Å²) in [7, 11) is 2.23. The van der Waals surface area contributed by atoms with Crippen molar-refractivity contribution in [2.24, 2.45) is 11.7 Å². The lowest BCUT2D eigenvalue weighted by atomic mass is 9.87. The number of hydrogen-bond donors (Lipinski definition) is 1. The number of nitrogens with zero attached hydrogens (tertiary/aromatic N) is 1. The van der Waals surface area contributed by atoms with E-state index in [0.717, 1.165) is 23.3 Å². The maximum absolute atomic E-state index is 6.19. The molecule has 0 amide bonds. The van der Waals surface area contributed by atoms with Crippen LogP contribution in [0.2, 0.25) is 4.34 Å². The van der Waals surface area contributed by atoms with Gasteiger partial charge in [-0.1, -0.05) is 37.8 Å². The molecule has 0 aromatic carbocycles. The molecule has 4 heteroatoms. The van der Waals surface area contributed by atoms with Crippen molar-refractivity contribution in [2.45, 2.75) is 57.5 Å². The first-order chi connectivity index (χ1) is 9.59. The van der Waals surface area contributed by atoms with Gasteiger partial charge in [0.05, 0.1) is 4.34 Å². The first-order valence-electron chi connectivity index (χ1n) is 7.75. The van der Waals surface area contributed by atoms with E-state index in [0.29, 0.717) is 0 Å². The van der Waals surface area contributed by atoms with Gasteiger partial charge in [-0.15, -0.1) is 11.3 Å². The third-order valence-electron chi connectivity index (χ3n) is 5.06. The van der Waals surface area contributed by atoms with Gasteiger partial charge in [0, 0.05) is 23.5 Å². The second-order valence-corrected chi connectivity index (χ2v) is 8.00. The Bertz CT molecular complexity index is 420. The van der Waals surface area contributed by atoms with Crippen LogP contribution in [0.3, 0.4) is 0 Å². The van der Waals surface area contributed by atoms with Crippen LogP contribution in [-0.4, -0.2) is 24.0 Å². The number of thiophene rings is 1. The van der Waals surface area contributed by atoms with Crippen molar-refractivity contribution in [3.05, 3.63) is 21.3 Å². The fourth-order valence-electron chi connectivity index (χ4n) is 3.45. The largest absolute Gasteiger partial charge is 0.329 e. The normalized spacial score (nSPS) is 27.8. The molecule has 0 aliphatic heterocycles. The van der Waals surface area contributed by atoms with Crippen LogP contribution in [0.25, 0.3) is 0 Å². The SMILES string of the molecule is CCC1CCCC(CN)(N(C)Cc2ccc(Cl)s2)CC1. The van der Waals surface area contributed by atoms with Crippen molar-refractivity contribution in [2.75, 3.05) is 13.6 Å². The van der Waals surface area contributed by atoms with E-state index in [9.17, 15) is 0 Å². The topological polar surface area (TPSA) is 29.3 Å². The average molecular weight is 315 g/mol. The number of likely N-dealkylation sites (N-methyl/N-ethyl adjacent to an activating group) is 1. The third kappa shape index (κ3) is 3.76. The van der Waals surface area contributed by atoms with E-state index in [1.54, 1.807) is 11.3 Å². The molecule has 2 rings (SSSR count). The second kappa shape index (κ2) is 7.26. The van der Waals surface area contributed by atoms with Crippen LogP contribution in [0.4, 0.5) is 0 Å². The summed E-state index contributed by atoms with van der Waals surface area (Å²) in [5.41, 5.74) is 6.37. The van der Waals surface area contributed by atoms with Crippen molar-refractivity contribution in [3.63, 3.8) is 0 Å². The molecule has 1 saturated carbocycles. The van der Waals surface area contributed by atoms with E-state index in [1.807, 2.05) is 6.07 Å². The van der Waals surface area contributed by atoms with Gasteiger partial charge in [0.1, 0.15) is 0 Å². The van der Waals surface area contributed by atoms with E-state index in [-0.39, 0.29) is 5.54 Å². The number of nitrogens with two attached hydrogens (primary N) is 1. The highest BCUT2D eigenvalue weighted by atomic mass is 35.5. The van der Waals surface area contributed by atoms with Gasteiger partial charge in [0.2, 0.25) is 0 Å². The maximum atomic E-state index is 6.19. The van der Waals surface area contributed by atoms with Crippen molar-refractivity contribution in [1.82, 2.24) is 4.90 Å². The van der Waals surface area contributed by atoms with Gasteiger partial charge < -0.3 is 5.73 Å². The van der Waals surface area contributed by atoms with Gasteiger partial charge in [-0.05, 0) is 44.4 Å². The molecule has 2 nitrogen and oxygen atoms in total. The molecule has 0 bridgehead atoms. The van der Waals surface area contributed by atoms with Crippen LogP contribution in [-0.2, 0) is 6.54 Å². The van der Waals surface area contributed by atoms with Crippen LogP contribution in [0, 0.1) is 5.92 Å². The lowest BCUT2D eigenvalue weighted by Crippen LogP contribution is -2.51. The Labute approximate surface area is 132 Å². The molecule has 1 aliphatic carbocycles. The Hall–Kier alpha value is -0.0900. The first-order valence-corrected chi connectivity index (χ1v) is 8.94. The van der Waals surface area contributed by atoms with Gasteiger partial charge >= 0.3 is 0 Å². The molecule has 114 valence electrons. The highest BCUT2D eigenvalue weighted by Gasteiger charge is 2.35. The summed E-state index contributed by atoms with van der Waals surface area (Å²) in [4.78, 5) is 3.81. The van der Waals surface area contributed by atoms with Gasteiger partial charge in [0.15, 0.2) is 0 Å². The Morgan fingerprint density at radius 2 is 2.20 bits per heavy atom. The Morgan fingerprint density at radius 3 is 2.80 bits per heavy atom. The zero-order valence-corrected chi connectivity index (χ0v) is 14.3. The Balaban J connectivity index is 2.05. The van der Waals surface area contributed by atoms with Crippen molar-refractivity contribution in [1.29, 1.82) is 0 Å². The quantitative estimate of drug-likeness (QED) is 0.810. The van der Waals surface area contributed by atoms with Gasteiger partial charge in [-0.25, -0.2) is 0 Å². The van der Waals surface area contributed by atoms with E-state index >= 15 is 0 Å². The molecule has 0 radical (unpaired) electrons. The highest BCUT2D eigenvalue weighted by molar-refractivity contribution is 7.16. The molecule has 20 heavy (non-hydrogen) atoms. The summed E-state index contributed by atoms with van der Waals surface area (Å²) in [5, 5.41) is 0. The van der Waals surface area contributed by atoms with E-state index < -0.39 is 0 Å². The average Bonchev–Trinajstić information content (AvgIpc) is 2.74. The molecule has 2 unspecified atom stereocenters. The zero-order valence-electron chi connectivity index (χ0n) is 12.7. The second-order valence-electron chi connectivity index (χ2n) is 6.20. The predicted octanol–water partition coefficient (Wildman–Crippen LogP) is 4.52. The molecule has 0 saturated heterocycles. The lowest BCUT2D eigenvalue weighted by molar-refractivity contribution is 0.0994. The summed E-state index contributed by atoms with van der Waals surface area (Å²) in [6.07, 6.45) is 7.78. The van der Waals surface area contributed by atoms with Crippen LogP contribution in [0.1, 0.15) is 50.3 Å². The summed E-state index contributed by atoms with van der Waals surface area (Å²) >= 11 is 7.72. The predicted molar refractivity (Wildman–Crippen MR) is 89.4 cm³/mol. The van der Waals surface area contributed by atoms with Crippen LogP contribution in [0.5, 0.6) is 0 Å². The smallest absolute Gasteiger partial charge is 0.0931 e. The summed E-state index contributed by atoms with van der Waals surface area (Å²) in [5.74, 6) is 0.896. The first kappa shape index (κ1) is 16.3. The Morgan fingerprint density at radius 1 is 1.40 bits per heavy atom. The van der Waals surface area contributed by atoms with E-state index in [1.165, 1.54) is 43.4 Å². The molecule has 1 aromatic heterocycles. The fourth-order valence-corrected chi connectivity index (χ4v) is 4.59. The molecule has 2 atom stereocenters. The van der Waals surface area contributed by atoms with E-state index in [4.69, 9.17) is 17.3 Å². The van der Waals surface area contributed by atoms with Crippen molar-refractivity contribution < 1.29 is 0 Å². The summed E-state index contributed by atoms with van der Waals surface area (Å²) in [6, 6.07) is 4.13. The summed E-state index contributed by atoms with van der Waals surface area (Å²) in [6.45, 7) is 4.04. The van der Waals surface area contributed by atoms with Gasteiger partial charge in [-0.3, -0.25) is 4.90 Å². The Kier molecular flexibility index (Phi) is 5.91. The number of hydrogen-bond acceptors (Lipinski definition) is 3. The molecule has 1 aromatic rings. The lowest BCUT2D eigenvalue weighted by Gasteiger charge is -2.41. The van der Waals surface area contributed by atoms with Crippen LogP contribution < -0.4 is 5.73 Å². The molecule has 1 heterocycles. The minimum atomic E-state index is 0.181. The minimum absolute atomic E-state index is 0.181. The number of rotatable bonds is 5. The molecule has 1 aliphatic rings. The molecule has 2 N–H and O–H groups in total. The molecule has 1 fully saturated rings. The molecular weight excluding hydrogens is 288 g/mol. The number of halogens is 1. The highest BCUT2D eigenvalue weighted by Crippen LogP contribution is 2.36. The van der Waals surface area contributed by atoms with Crippen molar-refractivity contribution >= 4 is 22.9 Å². The molecule has 0 spiro atoms. The monoisotopic (exact) mass is 314 g/mol. The van der Waals surface area contributed by atoms with Crippen LogP contribution >= 0.6 is 22.9 Å². The van der Waals surface area contributed by atoms with Crippen LogP contribution in [0.15, 0.2) is 12.1 Å². The zero-order chi connectivity index (χ0) is 14.6. The van der Waals surface area contributed by atoms with Crippen molar-refractivity contribution in [3.8, 4) is 0 Å². The standard InChI is InChI=1S/C16H27ClN2S/c1-3-13-5-4-9-16(12-18,10-8-13)19(2)11-14-6-7-15(17)20-14/h6-7,13H,3-5,8-12,18H2,1-2H3. The van der Waals surface area contributed by atoms with Gasteiger partial charge in [0.25, 0.3) is 0 Å². The minimum Gasteiger partial charge on any atom is -0.329 e. The fraction of sp³-hybridized carbons (Fsp3) is 0.750. The third-order valence-corrected chi connectivity index (χ3v) is 6.28. The molecular formula is C16H27ClN2S.